The molecule has 136 valence electrons. The Hall–Kier alpha value is -0.850. The summed E-state index contributed by atoms with van der Waals surface area (Å²) in [4.78, 5) is 14.7. The van der Waals surface area contributed by atoms with Crippen LogP contribution in [0.4, 0.5) is 5.69 Å². The van der Waals surface area contributed by atoms with Crippen LogP contribution in [0.15, 0.2) is 24.3 Å². The van der Waals surface area contributed by atoms with E-state index < -0.39 is 0 Å². The molecule has 0 spiro atoms. The quantitative estimate of drug-likeness (QED) is 0.827. The zero-order valence-electron chi connectivity index (χ0n) is 14.0. The Morgan fingerprint density at radius 3 is 2.67 bits per heavy atom. The number of hydrogen-bond donors (Lipinski definition) is 2. The number of benzene rings is 1. The number of hydrogen-bond acceptors (Lipinski definition) is 4. The first-order valence-electron chi connectivity index (χ1n) is 8.13. The van der Waals surface area contributed by atoms with E-state index in [2.05, 4.69) is 27.7 Å². The van der Waals surface area contributed by atoms with Gasteiger partial charge in [0.2, 0.25) is 5.91 Å². The molecule has 2 aliphatic rings. The number of carbonyl (C=O) groups is 1. The Bertz CT molecular complexity index is 520. The predicted molar refractivity (Wildman–Crippen MR) is 101 cm³/mol. The van der Waals surface area contributed by atoms with E-state index in [0.29, 0.717) is 5.92 Å². The Morgan fingerprint density at radius 2 is 2.04 bits per heavy atom. The normalized spacial score (nSPS) is 19.4. The van der Waals surface area contributed by atoms with E-state index in [1.165, 1.54) is 5.56 Å². The minimum Gasteiger partial charge on any atom is -0.379 e. The number of amides is 1. The molecular weight excluding hydrogens is 349 g/mol. The van der Waals surface area contributed by atoms with Gasteiger partial charge in [-0.05, 0) is 36.7 Å². The summed E-state index contributed by atoms with van der Waals surface area (Å²) >= 11 is 0. The van der Waals surface area contributed by atoms with Crippen LogP contribution in [0.1, 0.15) is 12.5 Å². The van der Waals surface area contributed by atoms with E-state index in [0.717, 1.165) is 51.6 Å². The van der Waals surface area contributed by atoms with Gasteiger partial charge in [0.15, 0.2) is 0 Å². The molecule has 0 radical (unpaired) electrons. The van der Waals surface area contributed by atoms with Crippen LogP contribution in [0, 0.1) is 11.8 Å². The molecule has 7 heteroatoms. The lowest BCUT2D eigenvalue weighted by Crippen LogP contribution is -2.48. The van der Waals surface area contributed by atoms with E-state index in [1.807, 2.05) is 19.1 Å². The number of ether oxygens (including phenoxy) is 1. The Labute approximate surface area is 156 Å². The highest BCUT2D eigenvalue weighted by Gasteiger charge is 2.28. The molecule has 2 fully saturated rings. The van der Waals surface area contributed by atoms with Crippen molar-refractivity contribution in [3.63, 3.8) is 0 Å². The van der Waals surface area contributed by atoms with Gasteiger partial charge in [0, 0.05) is 31.2 Å². The molecule has 1 atom stereocenters. The Morgan fingerprint density at radius 1 is 1.33 bits per heavy atom. The molecule has 1 unspecified atom stereocenters. The summed E-state index contributed by atoms with van der Waals surface area (Å²) in [6, 6.07) is 8.18. The maximum atomic E-state index is 12.3. The maximum Gasteiger partial charge on any atom is 0.227 e. The van der Waals surface area contributed by atoms with Gasteiger partial charge in [-0.3, -0.25) is 9.69 Å². The van der Waals surface area contributed by atoms with Crippen LogP contribution >= 0.6 is 24.8 Å². The van der Waals surface area contributed by atoms with Crippen molar-refractivity contribution in [1.82, 2.24) is 10.2 Å². The number of nitrogens with zero attached hydrogens (tertiary/aromatic N) is 1. The van der Waals surface area contributed by atoms with Gasteiger partial charge in [0.05, 0.1) is 13.2 Å². The first-order valence-corrected chi connectivity index (χ1v) is 8.13. The fourth-order valence-electron chi connectivity index (χ4n) is 2.90. The lowest BCUT2D eigenvalue weighted by atomic mass is 9.88. The molecule has 3 rings (SSSR count). The highest BCUT2D eigenvalue weighted by atomic mass is 35.5. The van der Waals surface area contributed by atoms with Crippen LogP contribution in [0.2, 0.25) is 0 Å². The van der Waals surface area contributed by atoms with E-state index >= 15 is 0 Å². The van der Waals surface area contributed by atoms with Gasteiger partial charge in [-0.1, -0.05) is 19.1 Å². The number of anilines is 1. The first kappa shape index (κ1) is 21.2. The summed E-state index contributed by atoms with van der Waals surface area (Å²) in [5.41, 5.74) is 2.13. The van der Waals surface area contributed by atoms with Crippen LogP contribution in [0.25, 0.3) is 0 Å². The molecule has 2 aliphatic heterocycles. The molecule has 24 heavy (non-hydrogen) atoms. The van der Waals surface area contributed by atoms with Gasteiger partial charge in [-0.2, -0.15) is 0 Å². The minimum atomic E-state index is 0. The van der Waals surface area contributed by atoms with Crippen molar-refractivity contribution < 1.29 is 9.53 Å². The number of rotatable bonds is 5. The highest BCUT2D eigenvalue weighted by Crippen LogP contribution is 2.19. The fraction of sp³-hybridized carbons (Fsp3) is 0.588. The van der Waals surface area contributed by atoms with E-state index in [9.17, 15) is 4.79 Å². The maximum absolute atomic E-state index is 12.3. The van der Waals surface area contributed by atoms with Crippen molar-refractivity contribution >= 4 is 36.4 Å². The van der Waals surface area contributed by atoms with Crippen molar-refractivity contribution in [2.75, 3.05) is 44.7 Å². The third kappa shape index (κ3) is 5.60. The lowest BCUT2D eigenvalue weighted by Gasteiger charge is -2.31. The number of carbonyl (C=O) groups excluding carboxylic acids is 1. The monoisotopic (exact) mass is 375 g/mol. The van der Waals surface area contributed by atoms with Gasteiger partial charge < -0.3 is 15.4 Å². The average Bonchev–Trinajstić information content (AvgIpc) is 2.47. The molecular formula is C17H27Cl2N3O2. The van der Waals surface area contributed by atoms with Gasteiger partial charge in [-0.15, -0.1) is 24.8 Å². The average molecular weight is 376 g/mol. The third-order valence-corrected chi connectivity index (χ3v) is 4.64. The van der Waals surface area contributed by atoms with Gasteiger partial charge in [-0.25, -0.2) is 0 Å². The second kappa shape index (κ2) is 10.2. The second-order valence-corrected chi connectivity index (χ2v) is 6.29. The number of morpholine rings is 1. The SMILES string of the molecule is CC(C(=O)Nc1cccc(CN2CCOCC2)c1)C1CNC1.Cl.Cl. The largest absolute Gasteiger partial charge is 0.379 e. The molecule has 1 amide bonds. The van der Waals surface area contributed by atoms with Crippen molar-refractivity contribution in [2.24, 2.45) is 11.8 Å². The standard InChI is InChI=1S/C17H25N3O2.2ClH/c1-13(15-10-18-11-15)17(21)19-16-4-2-3-14(9-16)12-20-5-7-22-8-6-20;;/h2-4,9,13,15,18H,5-8,10-12H2,1H3,(H,19,21);2*1H. The van der Waals surface area contributed by atoms with Crippen molar-refractivity contribution in [3.05, 3.63) is 29.8 Å². The van der Waals surface area contributed by atoms with Crippen molar-refractivity contribution in [3.8, 4) is 0 Å². The van der Waals surface area contributed by atoms with E-state index in [1.54, 1.807) is 0 Å². The summed E-state index contributed by atoms with van der Waals surface area (Å²) in [6.07, 6.45) is 0. The van der Waals surface area contributed by atoms with Crippen LogP contribution in [-0.2, 0) is 16.1 Å². The minimum absolute atomic E-state index is 0. The van der Waals surface area contributed by atoms with Crippen LogP contribution < -0.4 is 10.6 Å². The lowest BCUT2D eigenvalue weighted by molar-refractivity contribution is -0.121. The number of halogens is 2. The van der Waals surface area contributed by atoms with Crippen LogP contribution in [0.5, 0.6) is 0 Å². The summed E-state index contributed by atoms with van der Waals surface area (Å²) in [7, 11) is 0. The fourth-order valence-corrected chi connectivity index (χ4v) is 2.90. The zero-order chi connectivity index (χ0) is 15.4. The summed E-state index contributed by atoms with van der Waals surface area (Å²) < 4.78 is 5.37. The van der Waals surface area contributed by atoms with E-state index in [4.69, 9.17) is 4.74 Å². The molecule has 2 heterocycles. The van der Waals surface area contributed by atoms with Gasteiger partial charge in [0.1, 0.15) is 0 Å². The second-order valence-electron chi connectivity index (χ2n) is 6.29. The zero-order valence-corrected chi connectivity index (χ0v) is 15.6. The Balaban J connectivity index is 0.00000144. The van der Waals surface area contributed by atoms with Crippen LogP contribution in [0.3, 0.4) is 0 Å². The van der Waals surface area contributed by atoms with Gasteiger partial charge in [0.25, 0.3) is 0 Å². The molecule has 0 bridgehead atoms. The summed E-state index contributed by atoms with van der Waals surface area (Å²) in [6.45, 7) is 8.39. The van der Waals surface area contributed by atoms with Crippen LogP contribution in [-0.4, -0.2) is 50.2 Å². The molecule has 2 N–H and O–H groups in total. The molecule has 0 aromatic heterocycles. The first-order chi connectivity index (χ1) is 10.7. The number of nitrogens with one attached hydrogen (secondary N) is 2. The topological polar surface area (TPSA) is 53.6 Å². The van der Waals surface area contributed by atoms with Crippen molar-refractivity contribution in [2.45, 2.75) is 13.5 Å². The van der Waals surface area contributed by atoms with Gasteiger partial charge >= 0.3 is 0 Å². The summed E-state index contributed by atoms with van der Waals surface area (Å²) in [5.74, 6) is 0.649. The predicted octanol–water partition coefficient (Wildman–Crippen LogP) is 2.16. The third-order valence-electron chi connectivity index (χ3n) is 4.64. The smallest absolute Gasteiger partial charge is 0.227 e. The molecule has 5 nitrogen and oxygen atoms in total. The molecule has 1 aromatic rings. The Kier molecular flexibility index (Phi) is 9.02. The molecule has 0 saturated carbocycles. The van der Waals surface area contributed by atoms with E-state index in [-0.39, 0.29) is 36.6 Å². The highest BCUT2D eigenvalue weighted by molar-refractivity contribution is 5.92. The molecule has 2 saturated heterocycles. The van der Waals surface area contributed by atoms with Crippen molar-refractivity contribution in [1.29, 1.82) is 0 Å². The molecule has 1 aromatic carbocycles. The molecule has 0 aliphatic carbocycles. The summed E-state index contributed by atoms with van der Waals surface area (Å²) in [5, 5.41) is 6.28.